The van der Waals surface area contributed by atoms with Crippen LogP contribution in [0.2, 0.25) is 4.34 Å². The second-order valence-electron chi connectivity index (χ2n) is 3.53. The molecule has 86 valence electrons. The SMILES string of the molecule is Cc1nnc(CNCc2ccc(Cl)s2)n1C. The summed E-state index contributed by atoms with van der Waals surface area (Å²) in [7, 11) is 1.97. The Balaban J connectivity index is 1.86. The summed E-state index contributed by atoms with van der Waals surface area (Å²) in [6.07, 6.45) is 0. The van der Waals surface area contributed by atoms with Crippen molar-refractivity contribution in [2.24, 2.45) is 7.05 Å². The van der Waals surface area contributed by atoms with Crippen LogP contribution in [0.25, 0.3) is 0 Å². The van der Waals surface area contributed by atoms with Gasteiger partial charge in [0, 0.05) is 18.5 Å². The Morgan fingerprint density at radius 2 is 2.19 bits per heavy atom. The molecule has 0 bridgehead atoms. The largest absolute Gasteiger partial charge is 0.317 e. The van der Waals surface area contributed by atoms with Crippen molar-refractivity contribution in [1.29, 1.82) is 0 Å². The van der Waals surface area contributed by atoms with Gasteiger partial charge in [-0.1, -0.05) is 11.6 Å². The second kappa shape index (κ2) is 4.95. The lowest BCUT2D eigenvalue weighted by atomic mass is 10.4. The summed E-state index contributed by atoms with van der Waals surface area (Å²) in [4.78, 5) is 1.23. The Kier molecular flexibility index (Phi) is 3.58. The average Bonchev–Trinajstić information content (AvgIpc) is 2.79. The molecule has 0 atom stereocenters. The summed E-state index contributed by atoms with van der Waals surface area (Å²) in [6, 6.07) is 3.94. The quantitative estimate of drug-likeness (QED) is 0.911. The molecule has 2 rings (SSSR count). The predicted molar refractivity (Wildman–Crippen MR) is 65.6 cm³/mol. The second-order valence-corrected chi connectivity index (χ2v) is 5.33. The highest BCUT2D eigenvalue weighted by Crippen LogP contribution is 2.20. The molecule has 0 amide bonds. The molecule has 2 aromatic rings. The van der Waals surface area contributed by atoms with Crippen LogP contribution in [0, 0.1) is 6.92 Å². The molecule has 6 heteroatoms. The van der Waals surface area contributed by atoms with Crippen LogP contribution in [0.4, 0.5) is 0 Å². The van der Waals surface area contributed by atoms with Gasteiger partial charge in [-0.25, -0.2) is 0 Å². The lowest BCUT2D eigenvalue weighted by Gasteiger charge is -2.02. The molecule has 0 spiro atoms. The number of halogens is 1. The monoisotopic (exact) mass is 256 g/mol. The van der Waals surface area contributed by atoms with Crippen LogP contribution in [0.5, 0.6) is 0 Å². The van der Waals surface area contributed by atoms with Gasteiger partial charge in [0.25, 0.3) is 0 Å². The molecule has 0 aromatic carbocycles. The van der Waals surface area contributed by atoms with E-state index in [9.17, 15) is 0 Å². The average molecular weight is 257 g/mol. The fourth-order valence-electron chi connectivity index (χ4n) is 1.35. The summed E-state index contributed by atoms with van der Waals surface area (Å²) in [5.74, 6) is 1.87. The lowest BCUT2D eigenvalue weighted by Crippen LogP contribution is -2.15. The Bertz CT molecular complexity index is 477. The smallest absolute Gasteiger partial charge is 0.146 e. The molecule has 4 nitrogen and oxygen atoms in total. The van der Waals surface area contributed by atoms with Crippen molar-refractivity contribution in [3.63, 3.8) is 0 Å². The maximum atomic E-state index is 5.85. The van der Waals surface area contributed by atoms with Crippen molar-refractivity contribution < 1.29 is 0 Å². The minimum Gasteiger partial charge on any atom is -0.317 e. The van der Waals surface area contributed by atoms with Gasteiger partial charge < -0.3 is 9.88 Å². The zero-order valence-corrected chi connectivity index (χ0v) is 10.8. The van der Waals surface area contributed by atoms with Crippen LogP contribution in [0.1, 0.15) is 16.5 Å². The third-order valence-corrected chi connectivity index (χ3v) is 3.63. The molecule has 2 heterocycles. The van der Waals surface area contributed by atoms with Gasteiger partial charge >= 0.3 is 0 Å². The Hall–Kier alpha value is -0.910. The van der Waals surface area contributed by atoms with Crippen LogP contribution in [0.3, 0.4) is 0 Å². The predicted octanol–water partition coefficient (Wildman–Crippen LogP) is 2.13. The fourth-order valence-corrected chi connectivity index (χ4v) is 2.41. The van der Waals surface area contributed by atoms with Crippen molar-refractivity contribution >= 4 is 22.9 Å². The number of thiophene rings is 1. The number of rotatable bonds is 4. The molecule has 0 fully saturated rings. The summed E-state index contributed by atoms with van der Waals surface area (Å²) in [6.45, 7) is 3.46. The summed E-state index contributed by atoms with van der Waals surface area (Å²) >= 11 is 7.44. The first kappa shape index (κ1) is 11.6. The van der Waals surface area contributed by atoms with E-state index in [0.29, 0.717) is 6.54 Å². The van der Waals surface area contributed by atoms with Gasteiger partial charge in [-0.3, -0.25) is 0 Å². The van der Waals surface area contributed by atoms with Gasteiger partial charge in [-0.05, 0) is 19.1 Å². The molecule has 2 aromatic heterocycles. The van der Waals surface area contributed by atoms with Crippen molar-refractivity contribution in [1.82, 2.24) is 20.1 Å². The van der Waals surface area contributed by atoms with Gasteiger partial charge in [0.15, 0.2) is 0 Å². The van der Waals surface area contributed by atoms with E-state index in [2.05, 4.69) is 15.5 Å². The van der Waals surface area contributed by atoms with E-state index < -0.39 is 0 Å². The first-order valence-electron chi connectivity index (χ1n) is 4.96. The number of nitrogens with zero attached hydrogens (tertiary/aromatic N) is 3. The zero-order chi connectivity index (χ0) is 11.5. The van der Waals surface area contributed by atoms with Crippen LogP contribution in [0.15, 0.2) is 12.1 Å². The maximum Gasteiger partial charge on any atom is 0.146 e. The molecule has 0 saturated heterocycles. The third kappa shape index (κ3) is 2.61. The van der Waals surface area contributed by atoms with Crippen LogP contribution in [-0.2, 0) is 20.1 Å². The minimum atomic E-state index is 0.715. The topological polar surface area (TPSA) is 42.7 Å². The van der Waals surface area contributed by atoms with Crippen molar-refractivity contribution in [2.45, 2.75) is 20.0 Å². The van der Waals surface area contributed by atoms with E-state index in [1.54, 1.807) is 11.3 Å². The first-order valence-corrected chi connectivity index (χ1v) is 6.16. The van der Waals surface area contributed by atoms with Gasteiger partial charge in [0.1, 0.15) is 11.6 Å². The highest BCUT2D eigenvalue weighted by atomic mass is 35.5. The minimum absolute atomic E-state index is 0.715. The molecular weight excluding hydrogens is 244 g/mol. The highest BCUT2D eigenvalue weighted by Gasteiger charge is 2.04. The maximum absolute atomic E-state index is 5.85. The Morgan fingerprint density at radius 3 is 2.75 bits per heavy atom. The molecular formula is C10H13ClN4S. The molecule has 0 aliphatic carbocycles. The van der Waals surface area contributed by atoms with Crippen molar-refractivity contribution in [3.8, 4) is 0 Å². The number of aromatic nitrogens is 3. The molecule has 16 heavy (non-hydrogen) atoms. The Morgan fingerprint density at radius 1 is 1.38 bits per heavy atom. The summed E-state index contributed by atoms with van der Waals surface area (Å²) in [5.41, 5.74) is 0. The van der Waals surface area contributed by atoms with E-state index in [4.69, 9.17) is 11.6 Å². The van der Waals surface area contributed by atoms with Crippen molar-refractivity contribution in [3.05, 3.63) is 33.0 Å². The van der Waals surface area contributed by atoms with Gasteiger partial charge in [-0.2, -0.15) is 0 Å². The number of hydrogen-bond donors (Lipinski definition) is 1. The zero-order valence-electron chi connectivity index (χ0n) is 9.20. The number of nitrogens with one attached hydrogen (secondary N) is 1. The Labute approximate surface area is 103 Å². The normalized spacial score (nSPS) is 10.9. The molecule has 0 radical (unpaired) electrons. The first-order chi connectivity index (χ1) is 7.66. The molecule has 0 aliphatic heterocycles. The molecule has 0 unspecified atom stereocenters. The standard InChI is InChI=1S/C10H13ClN4S/c1-7-13-14-10(15(7)2)6-12-5-8-3-4-9(11)16-8/h3-4,12H,5-6H2,1-2H3. The van der Waals surface area contributed by atoms with Gasteiger partial charge in [0.2, 0.25) is 0 Å². The summed E-state index contributed by atoms with van der Waals surface area (Å²) < 4.78 is 2.81. The summed E-state index contributed by atoms with van der Waals surface area (Å²) in [5, 5.41) is 11.4. The van der Waals surface area contributed by atoms with Crippen LogP contribution < -0.4 is 5.32 Å². The van der Waals surface area contributed by atoms with E-state index in [0.717, 1.165) is 22.5 Å². The fraction of sp³-hybridized carbons (Fsp3) is 0.400. The van der Waals surface area contributed by atoms with E-state index >= 15 is 0 Å². The number of aryl methyl sites for hydroxylation is 1. The molecule has 1 N–H and O–H groups in total. The van der Waals surface area contributed by atoms with Crippen LogP contribution >= 0.6 is 22.9 Å². The van der Waals surface area contributed by atoms with Gasteiger partial charge in [0.05, 0.1) is 10.9 Å². The van der Waals surface area contributed by atoms with Crippen LogP contribution in [-0.4, -0.2) is 14.8 Å². The van der Waals surface area contributed by atoms with E-state index in [1.807, 2.05) is 30.7 Å². The number of hydrogen-bond acceptors (Lipinski definition) is 4. The van der Waals surface area contributed by atoms with E-state index in [1.165, 1.54) is 4.88 Å². The van der Waals surface area contributed by atoms with Crippen molar-refractivity contribution in [2.75, 3.05) is 0 Å². The molecule has 0 aliphatic rings. The van der Waals surface area contributed by atoms with Gasteiger partial charge in [-0.15, -0.1) is 21.5 Å². The highest BCUT2D eigenvalue weighted by molar-refractivity contribution is 7.16. The molecule has 0 saturated carbocycles. The van der Waals surface area contributed by atoms with E-state index in [-0.39, 0.29) is 0 Å². The lowest BCUT2D eigenvalue weighted by molar-refractivity contribution is 0.639. The third-order valence-electron chi connectivity index (χ3n) is 2.39.